The van der Waals surface area contributed by atoms with Crippen LogP contribution in [0.15, 0.2) is 12.1 Å². The summed E-state index contributed by atoms with van der Waals surface area (Å²) in [6.07, 6.45) is 0. The molecule has 0 bridgehead atoms. The van der Waals surface area contributed by atoms with E-state index in [9.17, 15) is 0 Å². The van der Waals surface area contributed by atoms with Crippen LogP contribution in [0.1, 0.15) is 11.1 Å². The number of piperazine rings is 1. The highest BCUT2D eigenvalue weighted by Gasteiger charge is 2.14. The summed E-state index contributed by atoms with van der Waals surface area (Å²) < 4.78 is 0. The van der Waals surface area contributed by atoms with Crippen LogP contribution in [0.5, 0.6) is 0 Å². The van der Waals surface area contributed by atoms with Gasteiger partial charge in [0.15, 0.2) is 0 Å². The second-order valence-electron chi connectivity index (χ2n) is 4.22. The summed E-state index contributed by atoms with van der Waals surface area (Å²) in [5, 5.41) is 3.36. The molecule has 1 aromatic rings. The van der Waals surface area contributed by atoms with E-state index in [0.717, 1.165) is 37.6 Å². The maximum Gasteiger partial charge on any atom is 0.0420 e. The quantitative estimate of drug-likeness (QED) is 0.538. The van der Waals surface area contributed by atoms with Gasteiger partial charge in [-0.1, -0.05) is 0 Å². The molecule has 1 saturated heterocycles. The SMILES string of the molecule is Cc1c(N)cc(CS)cc1N1CCNCC1. The fourth-order valence-electron chi connectivity index (χ4n) is 2.11. The highest BCUT2D eigenvalue weighted by atomic mass is 32.1. The molecule has 0 aromatic heterocycles. The summed E-state index contributed by atoms with van der Waals surface area (Å²) in [7, 11) is 0. The van der Waals surface area contributed by atoms with Gasteiger partial charge in [-0.2, -0.15) is 12.6 Å². The second-order valence-corrected chi connectivity index (χ2v) is 4.54. The lowest BCUT2D eigenvalue weighted by molar-refractivity contribution is 0.588. The molecule has 0 radical (unpaired) electrons. The highest BCUT2D eigenvalue weighted by Crippen LogP contribution is 2.28. The molecule has 0 aliphatic carbocycles. The number of nitrogens with zero attached hydrogens (tertiary/aromatic N) is 1. The van der Waals surface area contributed by atoms with Crippen molar-refractivity contribution >= 4 is 24.0 Å². The van der Waals surface area contributed by atoms with Gasteiger partial charge in [0.2, 0.25) is 0 Å². The van der Waals surface area contributed by atoms with Gasteiger partial charge in [0, 0.05) is 43.3 Å². The minimum atomic E-state index is 0.740. The second kappa shape index (κ2) is 4.97. The van der Waals surface area contributed by atoms with E-state index < -0.39 is 0 Å². The van der Waals surface area contributed by atoms with Crippen LogP contribution < -0.4 is 16.0 Å². The lowest BCUT2D eigenvalue weighted by atomic mass is 10.1. The smallest absolute Gasteiger partial charge is 0.0420 e. The van der Waals surface area contributed by atoms with Crippen LogP contribution >= 0.6 is 12.6 Å². The zero-order valence-electron chi connectivity index (χ0n) is 9.66. The maximum absolute atomic E-state index is 6.03. The topological polar surface area (TPSA) is 41.3 Å². The molecule has 4 heteroatoms. The van der Waals surface area contributed by atoms with Crippen LogP contribution in [0, 0.1) is 6.92 Å². The molecule has 2 rings (SSSR count). The van der Waals surface area contributed by atoms with Gasteiger partial charge in [-0.15, -0.1) is 0 Å². The molecule has 0 unspecified atom stereocenters. The number of thiol groups is 1. The Bertz CT molecular complexity index is 373. The van der Waals surface area contributed by atoms with Gasteiger partial charge in [0.25, 0.3) is 0 Å². The minimum Gasteiger partial charge on any atom is -0.398 e. The third-order valence-electron chi connectivity index (χ3n) is 3.12. The summed E-state index contributed by atoms with van der Waals surface area (Å²) in [4.78, 5) is 2.40. The van der Waals surface area contributed by atoms with Crippen molar-refractivity contribution in [3.63, 3.8) is 0 Å². The summed E-state index contributed by atoms with van der Waals surface area (Å²) in [5.74, 6) is 0.740. The van der Waals surface area contributed by atoms with Crippen molar-refractivity contribution in [2.75, 3.05) is 36.8 Å². The molecule has 1 heterocycles. The van der Waals surface area contributed by atoms with Crippen molar-refractivity contribution in [1.82, 2.24) is 5.32 Å². The van der Waals surface area contributed by atoms with E-state index in [-0.39, 0.29) is 0 Å². The van der Waals surface area contributed by atoms with E-state index in [2.05, 4.69) is 35.8 Å². The largest absolute Gasteiger partial charge is 0.398 e. The molecule has 0 amide bonds. The van der Waals surface area contributed by atoms with E-state index in [4.69, 9.17) is 5.73 Å². The van der Waals surface area contributed by atoms with Gasteiger partial charge in [-0.05, 0) is 30.2 Å². The first-order valence-corrected chi connectivity index (χ1v) is 6.31. The van der Waals surface area contributed by atoms with E-state index in [1.165, 1.54) is 16.8 Å². The van der Waals surface area contributed by atoms with Crippen LogP contribution in [0.2, 0.25) is 0 Å². The maximum atomic E-state index is 6.03. The van der Waals surface area contributed by atoms with Gasteiger partial charge in [-0.25, -0.2) is 0 Å². The molecule has 16 heavy (non-hydrogen) atoms. The Balaban J connectivity index is 2.33. The molecule has 88 valence electrons. The van der Waals surface area contributed by atoms with Crippen molar-refractivity contribution < 1.29 is 0 Å². The third-order valence-corrected chi connectivity index (χ3v) is 3.49. The van der Waals surface area contributed by atoms with Crippen molar-refractivity contribution in [3.05, 3.63) is 23.3 Å². The first-order chi connectivity index (χ1) is 7.72. The number of anilines is 2. The van der Waals surface area contributed by atoms with E-state index >= 15 is 0 Å². The van der Waals surface area contributed by atoms with E-state index in [1.807, 2.05) is 6.07 Å². The molecule has 3 nitrogen and oxygen atoms in total. The van der Waals surface area contributed by atoms with Crippen LogP contribution in [0.3, 0.4) is 0 Å². The molecule has 1 aliphatic rings. The number of hydrogen-bond acceptors (Lipinski definition) is 4. The monoisotopic (exact) mass is 237 g/mol. The molecule has 1 aliphatic heterocycles. The number of nitrogen functional groups attached to an aromatic ring is 1. The predicted molar refractivity (Wildman–Crippen MR) is 73.4 cm³/mol. The Kier molecular flexibility index (Phi) is 3.61. The lowest BCUT2D eigenvalue weighted by Gasteiger charge is -2.31. The summed E-state index contributed by atoms with van der Waals surface area (Å²) in [5.41, 5.74) is 10.6. The van der Waals surface area contributed by atoms with Crippen LogP contribution in [-0.4, -0.2) is 26.2 Å². The molecule has 3 N–H and O–H groups in total. The number of benzene rings is 1. The summed E-state index contributed by atoms with van der Waals surface area (Å²) in [6.45, 7) is 6.29. The normalized spacial score (nSPS) is 16.5. The first kappa shape index (κ1) is 11.6. The number of nitrogens with one attached hydrogen (secondary N) is 1. The number of hydrogen-bond donors (Lipinski definition) is 3. The van der Waals surface area contributed by atoms with Crippen molar-refractivity contribution in [1.29, 1.82) is 0 Å². The lowest BCUT2D eigenvalue weighted by Crippen LogP contribution is -2.43. The fraction of sp³-hybridized carbons (Fsp3) is 0.500. The molecular formula is C12H19N3S. The van der Waals surface area contributed by atoms with Gasteiger partial charge in [0.05, 0.1) is 0 Å². The molecule has 1 fully saturated rings. The van der Waals surface area contributed by atoms with Gasteiger partial charge >= 0.3 is 0 Å². The number of nitrogens with two attached hydrogens (primary N) is 1. The summed E-state index contributed by atoms with van der Waals surface area (Å²) in [6, 6.07) is 4.23. The van der Waals surface area contributed by atoms with Gasteiger partial charge in [-0.3, -0.25) is 0 Å². The molecular weight excluding hydrogens is 218 g/mol. The van der Waals surface area contributed by atoms with Gasteiger partial charge < -0.3 is 16.0 Å². The minimum absolute atomic E-state index is 0.740. The number of rotatable bonds is 2. The zero-order valence-corrected chi connectivity index (χ0v) is 10.6. The Morgan fingerprint density at radius 2 is 2.06 bits per heavy atom. The summed E-state index contributed by atoms with van der Waals surface area (Å²) >= 11 is 4.32. The van der Waals surface area contributed by atoms with Crippen molar-refractivity contribution in [3.8, 4) is 0 Å². The van der Waals surface area contributed by atoms with E-state index in [0.29, 0.717) is 0 Å². The standard InChI is InChI=1S/C12H19N3S/c1-9-11(13)6-10(8-16)7-12(9)15-4-2-14-3-5-15/h6-7,14,16H,2-5,8,13H2,1H3. The molecule has 0 saturated carbocycles. The third kappa shape index (κ3) is 2.28. The molecule has 1 aromatic carbocycles. The van der Waals surface area contributed by atoms with Crippen LogP contribution in [0.4, 0.5) is 11.4 Å². The zero-order chi connectivity index (χ0) is 11.5. The Labute approximate surface area is 102 Å². The Morgan fingerprint density at radius 3 is 2.69 bits per heavy atom. The first-order valence-electron chi connectivity index (χ1n) is 5.68. The Hall–Kier alpha value is -0.870. The average Bonchev–Trinajstić information content (AvgIpc) is 2.33. The van der Waals surface area contributed by atoms with Crippen molar-refractivity contribution in [2.24, 2.45) is 0 Å². The van der Waals surface area contributed by atoms with Gasteiger partial charge in [0.1, 0.15) is 0 Å². The molecule has 0 spiro atoms. The Morgan fingerprint density at radius 1 is 1.38 bits per heavy atom. The highest BCUT2D eigenvalue weighted by molar-refractivity contribution is 7.79. The fourth-order valence-corrected chi connectivity index (χ4v) is 2.29. The van der Waals surface area contributed by atoms with Crippen LogP contribution in [0.25, 0.3) is 0 Å². The van der Waals surface area contributed by atoms with Crippen LogP contribution in [-0.2, 0) is 5.75 Å². The average molecular weight is 237 g/mol. The molecule has 0 atom stereocenters. The van der Waals surface area contributed by atoms with E-state index in [1.54, 1.807) is 0 Å². The van der Waals surface area contributed by atoms with Crippen molar-refractivity contribution in [2.45, 2.75) is 12.7 Å². The predicted octanol–water partition coefficient (Wildman–Crippen LogP) is 1.42.